The number of rotatable bonds is 5. The van der Waals surface area contributed by atoms with E-state index in [1.54, 1.807) is 25.3 Å². The van der Waals surface area contributed by atoms with Crippen molar-refractivity contribution in [1.29, 1.82) is 0 Å². The number of para-hydroxylation sites is 1. The molecular formula is C19H23N3O4. The average molecular weight is 357 g/mol. The summed E-state index contributed by atoms with van der Waals surface area (Å²) in [6, 6.07) is 9.02. The van der Waals surface area contributed by atoms with E-state index < -0.39 is 0 Å². The van der Waals surface area contributed by atoms with E-state index in [0.717, 1.165) is 18.5 Å². The van der Waals surface area contributed by atoms with Gasteiger partial charge in [0.2, 0.25) is 5.88 Å². The fraction of sp³-hybridized carbons (Fsp3) is 0.421. The maximum atomic E-state index is 12.9. The fourth-order valence-corrected chi connectivity index (χ4v) is 3.02. The normalized spacial score (nSPS) is 14.8. The number of amides is 1. The van der Waals surface area contributed by atoms with Crippen LogP contribution in [0.4, 0.5) is 0 Å². The summed E-state index contributed by atoms with van der Waals surface area (Å²) in [5, 5.41) is 8.03. The molecule has 0 radical (unpaired) electrons. The molecule has 1 aliphatic heterocycles. The van der Waals surface area contributed by atoms with Crippen molar-refractivity contribution in [2.45, 2.75) is 25.9 Å². The SMILES string of the molecule is COc1cccc(C(=O)N2CCC(Oc3ccc(C)nn3)CC2)c1OC. The molecular weight excluding hydrogens is 334 g/mol. The molecule has 0 unspecified atom stereocenters. The molecule has 0 saturated carbocycles. The highest BCUT2D eigenvalue weighted by molar-refractivity contribution is 5.97. The van der Waals surface area contributed by atoms with Gasteiger partial charge < -0.3 is 19.1 Å². The number of carbonyl (C=O) groups excluding carboxylic acids is 1. The maximum absolute atomic E-state index is 12.9. The van der Waals surface area contributed by atoms with Crippen LogP contribution in [-0.4, -0.2) is 54.4 Å². The highest BCUT2D eigenvalue weighted by Crippen LogP contribution is 2.32. The van der Waals surface area contributed by atoms with Crippen LogP contribution >= 0.6 is 0 Å². The van der Waals surface area contributed by atoms with E-state index in [4.69, 9.17) is 14.2 Å². The molecule has 1 fully saturated rings. The minimum Gasteiger partial charge on any atom is -0.493 e. The third-order valence-electron chi connectivity index (χ3n) is 4.42. The number of methoxy groups -OCH3 is 2. The van der Waals surface area contributed by atoms with Crippen molar-refractivity contribution < 1.29 is 19.0 Å². The molecule has 0 aliphatic carbocycles. The molecule has 1 aliphatic rings. The molecule has 0 spiro atoms. The Morgan fingerprint density at radius 3 is 2.46 bits per heavy atom. The molecule has 0 atom stereocenters. The highest BCUT2D eigenvalue weighted by Gasteiger charge is 2.27. The smallest absolute Gasteiger partial charge is 0.257 e. The zero-order valence-corrected chi connectivity index (χ0v) is 15.3. The predicted octanol–water partition coefficient (Wildman–Crippen LogP) is 2.49. The summed E-state index contributed by atoms with van der Waals surface area (Å²) in [7, 11) is 3.10. The second-order valence-corrected chi connectivity index (χ2v) is 6.16. The number of hydrogen-bond donors (Lipinski definition) is 0. The van der Waals surface area contributed by atoms with Gasteiger partial charge in [0.15, 0.2) is 11.5 Å². The summed E-state index contributed by atoms with van der Waals surface area (Å²) >= 11 is 0. The summed E-state index contributed by atoms with van der Waals surface area (Å²) < 4.78 is 16.5. The van der Waals surface area contributed by atoms with Crippen LogP contribution in [0.2, 0.25) is 0 Å². The number of aromatic nitrogens is 2. The number of carbonyl (C=O) groups is 1. The Labute approximate surface area is 152 Å². The van der Waals surface area contributed by atoms with Crippen LogP contribution in [0.3, 0.4) is 0 Å². The zero-order chi connectivity index (χ0) is 18.5. The lowest BCUT2D eigenvalue weighted by molar-refractivity contribution is 0.0582. The minimum absolute atomic E-state index is 0.0308. The van der Waals surface area contributed by atoms with Crippen molar-refractivity contribution in [3.63, 3.8) is 0 Å². The topological polar surface area (TPSA) is 73.8 Å². The number of likely N-dealkylation sites (tertiary alicyclic amines) is 1. The van der Waals surface area contributed by atoms with E-state index in [1.165, 1.54) is 7.11 Å². The molecule has 1 aromatic carbocycles. The van der Waals surface area contributed by atoms with Crippen molar-refractivity contribution in [2.24, 2.45) is 0 Å². The van der Waals surface area contributed by atoms with Crippen molar-refractivity contribution in [3.8, 4) is 17.4 Å². The lowest BCUT2D eigenvalue weighted by Crippen LogP contribution is -2.42. The second kappa shape index (κ2) is 8.03. The maximum Gasteiger partial charge on any atom is 0.257 e. The largest absolute Gasteiger partial charge is 0.493 e. The van der Waals surface area contributed by atoms with Gasteiger partial charge in [0, 0.05) is 32.0 Å². The van der Waals surface area contributed by atoms with Crippen molar-refractivity contribution in [1.82, 2.24) is 15.1 Å². The number of hydrogen-bond acceptors (Lipinski definition) is 6. The Morgan fingerprint density at radius 2 is 1.85 bits per heavy atom. The monoisotopic (exact) mass is 357 g/mol. The first-order valence-electron chi connectivity index (χ1n) is 8.59. The molecule has 7 heteroatoms. The fourth-order valence-electron chi connectivity index (χ4n) is 3.02. The Bertz CT molecular complexity index is 756. The molecule has 2 aromatic rings. The van der Waals surface area contributed by atoms with Gasteiger partial charge in [0.1, 0.15) is 6.10 Å². The number of piperidine rings is 1. The van der Waals surface area contributed by atoms with E-state index in [0.29, 0.717) is 36.0 Å². The van der Waals surface area contributed by atoms with Gasteiger partial charge in [-0.05, 0) is 25.1 Å². The van der Waals surface area contributed by atoms with Gasteiger partial charge in [-0.2, -0.15) is 5.10 Å². The summed E-state index contributed by atoms with van der Waals surface area (Å²) in [6.07, 6.45) is 1.52. The third-order valence-corrected chi connectivity index (χ3v) is 4.42. The van der Waals surface area contributed by atoms with E-state index >= 15 is 0 Å². The van der Waals surface area contributed by atoms with Crippen molar-refractivity contribution in [3.05, 3.63) is 41.6 Å². The molecule has 1 saturated heterocycles. The van der Waals surface area contributed by atoms with Crippen LogP contribution in [-0.2, 0) is 0 Å². The number of benzene rings is 1. The van der Waals surface area contributed by atoms with Crippen LogP contribution < -0.4 is 14.2 Å². The molecule has 0 N–H and O–H groups in total. The van der Waals surface area contributed by atoms with Gasteiger partial charge in [-0.3, -0.25) is 4.79 Å². The molecule has 138 valence electrons. The molecule has 0 bridgehead atoms. The summed E-state index contributed by atoms with van der Waals surface area (Å²) in [5.74, 6) is 1.48. The lowest BCUT2D eigenvalue weighted by atomic mass is 10.1. The van der Waals surface area contributed by atoms with Crippen LogP contribution in [0.1, 0.15) is 28.9 Å². The Hall–Kier alpha value is -2.83. The van der Waals surface area contributed by atoms with Crippen LogP contribution in [0.5, 0.6) is 17.4 Å². The lowest BCUT2D eigenvalue weighted by Gasteiger charge is -2.32. The molecule has 26 heavy (non-hydrogen) atoms. The Morgan fingerprint density at radius 1 is 1.08 bits per heavy atom. The summed E-state index contributed by atoms with van der Waals surface area (Å²) in [5.41, 5.74) is 1.36. The quantitative estimate of drug-likeness (QED) is 0.818. The van der Waals surface area contributed by atoms with Gasteiger partial charge in [0.05, 0.1) is 25.5 Å². The Balaban J connectivity index is 1.63. The minimum atomic E-state index is -0.0608. The first kappa shape index (κ1) is 18.0. The van der Waals surface area contributed by atoms with Crippen molar-refractivity contribution >= 4 is 5.91 Å². The molecule has 1 amide bonds. The second-order valence-electron chi connectivity index (χ2n) is 6.16. The number of aryl methyl sites for hydroxylation is 1. The van der Waals surface area contributed by atoms with Gasteiger partial charge >= 0.3 is 0 Å². The third kappa shape index (κ3) is 3.87. The van der Waals surface area contributed by atoms with Gasteiger partial charge in [-0.25, -0.2) is 0 Å². The Kier molecular flexibility index (Phi) is 5.55. The molecule has 2 heterocycles. The van der Waals surface area contributed by atoms with E-state index in [1.807, 2.05) is 24.0 Å². The molecule has 3 rings (SSSR count). The van der Waals surface area contributed by atoms with Gasteiger partial charge in [-0.15, -0.1) is 5.10 Å². The number of nitrogens with zero attached hydrogens (tertiary/aromatic N) is 3. The van der Waals surface area contributed by atoms with E-state index in [2.05, 4.69) is 10.2 Å². The molecule has 1 aromatic heterocycles. The molecule has 7 nitrogen and oxygen atoms in total. The van der Waals surface area contributed by atoms with E-state index in [-0.39, 0.29) is 12.0 Å². The zero-order valence-electron chi connectivity index (χ0n) is 15.3. The number of ether oxygens (including phenoxy) is 3. The van der Waals surface area contributed by atoms with Crippen LogP contribution in [0.25, 0.3) is 0 Å². The van der Waals surface area contributed by atoms with Gasteiger partial charge in [0.25, 0.3) is 5.91 Å². The highest BCUT2D eigenvalue weighted by atomic mass is 16.5. The summed E-state index contributed by atoms with van der Waals surface area (Å²) in [6.45, 7) is 3.11. The standard InChI is InChI=1S/C19H23N3O4/c1-13-7-8-17(21-20-13)26-14-9-11-22(12-10-14)19(23)15-5-4-6-16(24-2)18(15)25-3/h4-8,14H,9-12H2,1-3H3. The van der Waals surface area contributed by atoms with Gasteiger partial charge in [-0.1, -0.05) is 6.07 Å². The summed E-state index contributed by atoms with van der Waals surface area (Å²) in [4.78, 5) is 14.7. The first-order valence-corrected chi connectivity index (χ1v) is 8.59. The van der Waals surface area contributed by atoms with Crippen LogP contribution in [0, 0.1) is 6.92 Å². The predicted molar refractivity (Wildman–Crippen MR) is 95.9 cm³/mol. The van der Waals surface area contributed by atoms with Crippen LogP contribution in [0.15, 0.2) is 30.3 Å². The average Bonchev–Trinajstić information content (AvgIpc) is 2.69. The van der Waals surface area contributed by atoms with E-state index in [9.17, 15) is 4.79 Å². The first-order chi connectivity index (χ1) is 12.6. The van der Waals surface area contributed by atoms with Crippen molar-refractivity contribution in [2.75, 3.05) is 27.3 Å².